The highest BCUT2D eigenvalue weighted by atomic mass is 35.5. The smallest absolute Gasteiger partial charge is 0.288 e. The molecule has 110 valence electrons. The Bertz CT molecular complexity index is 690. The second-order valence-corrected chi connectivity index (χ2v) is 5.10. The second-order valence-electron chi connectivity index (χ2n) is 4.74. The minimum Gasteiger partial charge on any atom is -0.288 e. The van der Waals surface area contributed by atoms with Gasteiger partial charge in [0.1, 0.15) is 10.8 Å². The van der Waals surface area contributed by atoms with Gasteiger partial charge >= 0.3 is 6.18 Å². The normalized spacial score (nSPS) is 11.5. The number of rotatable bonds is 2. The number of pyridine rings is 1. The lowest BCUT2D eigenvalue weighted by molar-refractivity contribution is -0.141. The van der Waals surface area contributed by atoms with Crippen molar-refractivity contribution in [3.63, 3.8) is 0 Å². The number of hydrogen-bond donors (Lipinski definition) is 0. The van der Waals surface area contributed by atoms with Gasteiger partial charge in [0.25, 0.3) is 0 Å². The predicted octanol–water partition coefficient (Wildman–Crippen LogP) is 4.60. The van der Waals surface area contributed by atoms with Crippen LogP contribution in [0.1, 0.15) is 32.7 Å². The van der Waals surface area contributed by atoms with Gasteiger partial charge in [0, 0.05) is 5.56 Å². The number of aryl methyl sites for hydroxylation is 2. The first kappa shape index (κ1) is 15.5. The number of nitrogens with zero attached hydrogens (tertiary/aromatic N) is 1. The minimum absolute atomic E-state index is 0.0466. The first-order valence-corrected chi connectivity index (χ1v) is 6.43. The van der Waals surface area contributed by atoms with E-state index in [9.17, 15) is 18.0 Å². The van der Waals surface area contributed by atoms with Gasteiger partial charge in [0.15, 0.2) is 5.78 Å². The average Bonchev–Trinajstić information content (AvgIpc) is 2.35. The third kappa shape index (κ3) is 3.42. The Morgan fingerprint density at radius 3 is 2.14 bits per heavy atom. The fraction of sp³-hybridized carbons (Fsp3) is 0.200. The van der Waals surface area contributed by atoms with Gasteiger partial charge in [-0.1, -0.05) is 28.8 Å². The van der Waals surface area contributed by atoms with Gasteiger partial charge in [0.2, 0.25) is 0 Å². The van der Waals surface area contributed by atoms with Gasteiger partial charge in [-0.2, -0.15) is 13.2 Å². The lowest BCUT2D eigenvalue weighted by atomic mass is 10.0. The van der Waals surface area contributed by atoms with Gasteiger partial charge < -0.3 is 0 Å². The van der Waals surface area contributed by atoms with E-state index in [0.717, 1.165) is 23.3 Å². The Kier molecular flexibility index (Phi) is 4.05. The molecule has 0 unspecified atom stereocenters. The van der Waals surface area contributed by atoms with E-state index in [1.807, 2.05) is 19.9 Å². The van der Waals surface area contributed by atoms with Crippen LogP contribution in [0.5, 0.6) is 0 Å². The zero-order chi connectivity index (χ0) is 15.8. The Morgan fingerprint density at radius 2 is 1.67 bits per heavy atom. The van der Waals surface area contributed by atoms with Gasteiger partial charge in [-0.05, 0) is 38.1 Å². The van der Waals surface area contributed by atoms with Crippen LogP contribution in [0.2, 0.25) is 5.15 Å². The summed E-state index contributed by atoms with van der Waals surface area (Å²) in [6.45, 7) is 3.66. The van der Waals surface area contributed by atoms with Crippen LogP contribution in [0.25, 0.3) is 0 Å². The molecule has 6 heteroatoms. The molecule has 0 spiro atoms. The molecule has 0 N–H and O–H groups in total. The summed E-state index contributed by atoms with van der Waals surface area (Å²) in [6.07, 6.45) is -4.59. The van der Waals surface area contributed by atoms with Crippen molar-refractivity contribution in [1.29, 1.82) is 0 Å². The van der Waals surface area contributed by atoms with Crippen molar-refractivity contribution in [3.8, 4) is 0 Å². The van der Waals surface area contributed by atoms with Crippen LogP contribution in [0.4, 0.5) is 13.2 Å². The minimum atomic E-state index is -4.59. The van der Waals surface area contributed by atoms with Crippen molar-refractivity contribution >= 4 is 17.4 Å². The highest BCUT2D eigenvalue weighted by molar-refractivity contribution is 6.33. The van der Waals surface area contributed by atoms with Gasteiger partial charge in [-0.25, -0.2) is 4.98 Å². The van der Waals surface area contributed by atoms with E-state index in [1.54, 1.807) is 12.1 Å². The zero-order valence-corrected chi connectivity index (χ0v) is 12.0. The third-order valence-electron chi connectivity index (χ3n) is 2.87. The molecule has 21 heavy (non-hydrogen) atoms. The van der Waals surface area contributed by atoms with Crippen molar-refractivity contribution in [2.45, 2.75) is 20.0 Å². The number of alkyl halides is 3. The molecule has 1 heterocycles. The topological polar surface area (TPSA) is 30.0 Å². The van der Waals surface area contributed by atoms with Crippen LogP contribution in [0.3, 0.4) is 0 Å². The molecule has 1 aromatic carbocycles. The van der Waals surface area contributed by atoms with Crippen LogP contribution < -0.4 is 0 Å². The van der Waals surface area contributed by atoms with Crippen LogP contribution in [-0.4, -0.2) is 10.8 Å². The van der Waals surface area contributed by atoms with E-state index in [-0.39, 0.29) is 5.56 Å². The first-order valence-electron chi connectivity index (χ1n) is 6.05. The van der Waals surface area contributed by atoms with Gasteiger partial charge in [-0.3, -0.25) is 4.79 Å². The van der Waals surface area contributed by atoms with E-state index in [0.29, 0.717) is 5.56 Å². The lowest BCUT2D eigenvalue weighted by Crippen LogP contribution is -2.11. The molecule has 0 aliphatic carbocycles. The monoisotopic (exact) mass is 313 g/mol. The molecular formula is C15H11ClF3NO. The molecular weight excluding hydrogens is 303 g/mol. The van der Waals surface area contributed by atoms with Crippen molar-refractivity contribution in [2.75, 3.05) is 0 Å². The fourth-order valence-electron chi connectivity index (χ4n) is 2.02. The number of hydrogen-bond acceptors (Lipinski definition) is 2. The van der Waals surface area contributed by atoms with Crippen LogP contribution in [-0.2, 0) is 6.18 Å². The molecule has 2 nitrogen and oxygen atoms in total. The zero-order valence-electron chi connectivity index (χ0n) is 11.3. The molecule has 2 rings (SSSR count). The quantitative estimate of drug-likeness (QED) is 0.599. The fourth-order valence-corrected chi connectivity index (χ4v) is 2.26. The van der Waals surface area contributed by atoms with Crippen molar-refractivity contribution in [1.82, 2.24) is 4.98 Å². The Morgan fingerprint density at radius 1 is 1.10 bits per heavy atom. The summed E-state index contributed by atoms with van der Waals surface area (Å²) in [5, 5.41) is -0.450. The molecule has 0 saturated carbocycles. The average molecular weight is 314 g/mol. The van der Waals surface area contributed by atoms with Crippen molar-refractivity contribution < 1.29 is 18.0 Å². The highest BCUT2D eigenvalue weighted by Gasteiger charge is 2.33. The lowest BCUT2D eigenvalue weighted by Gasteiger charge is -2.09. The molecule has 0 radical (unpaired) electrons. The summed E-state index contributed by atoms with van der Waals surface area (Å²) in [6, 6.07) is 7.01. The molecule has 0 fully saturated rings. The molecule has 0 amide bonds. The summed E-state index contributed by atoms with van der Waals surface area (Å²) in [4.78, 5) is 15.6. The Hall–Kier alpha value is -1.88. The van der Waals surface area contributed by atoms with E-state index in [2.05, 4.69) is 4.98 Å². The molecule has 0 aliphatic heterocycles. The summed E-state index contributed by atoms with van der Waals surface area (Å²) in [7, 11) is 0. The van der Waals surface area contributed by atoms with E-state index in [1.165, 1.54) is 0 Å². The number of aromatic nitrogens is 1. The SMILES string of the molecule is Cc1cc(C)cc(C(=O)c2ccc(C(F)(F)F)nc2Cl)c1. The maximum absolute atomic E-state index is 12.5. The Balaban J connectivity index is 2.44. The second kappa shape index (κ2) is 5.48. The number of carbonyl (C=O) groups excluding carboxylic acids is 1. The molecule has 0 bridgehead atoms. The van der Waals surface area contributed by atoms with E-state index in [4.69, 9.17) is 11.6 Å². The third-order valence-corrected chi connectivity index (χ3v) is 3.16. The van der Waals surface area contributed by atoms with Gasteiger partial charge in [-0.15, -0.1) is 0 Å². The summed E-state index contributed by atoms with van der Waals surface area (Å²) in [5.41, 5.74) is 0.971. The van der Waals surface area contributed by atoms with E-state index >= 15 is 0 Å². The largest absolute Gasteiger partial charge is 0.433 e. The number of ketones is 1. The molecule has 1 aromatic heterocycles. The molecule has 0 atom stereocenters. The van der Waals surface area contributed by atoms with Crippen LogP contribution in [0.15, 0.2) is 30.3 Å². The van der Waals surface area contributed by atoms with Crippen molar-refractivity contribution in [3.05, 3.63) is 63.4 Å². The highest BCUT2D eigenvalue weighted by Crippen LogP contribution is 2.30. The van der Waals surface area contributed by atoms with E-state index < -0.39 is 22.8 Å². The summed E-state index contributed by atoms with van der Waals surface area (Å²) < 4.78 is 37.6. The number of benzene rings is 1. The standard InChI is InChI=1S/C15H11ClF3NO/c1-8-5-9(2)7-10(6-8)13(21)11-3-4-12(15(17,18)19)20-14(11)16/h3-7H,1-2H3. The maximum atomic E-state index is 12.5. The molecule has 2 aromatic rings. The molecule has 0 saturated heterocycles. The van der Waals surface area contributed by atoms with Gasteiger partial charge in [0.05, 0.1) is 5.56 Å². The number of halogens is 4. The predicted molar refractivity (Wildman–Crippen MR) is 73.6 cm³/mol. The molecule has 0 aliphatic rings. The van der Waals surface area contributed by atoms with Crippen LogP contribution in [0, 0.1) is 13.8 Å². The van der Waals surface area contributed by atoms with Crippen LogP contribution >= 0.6 is 11.6 Å². The number of carbonyl (C=O) groups is 1. The Labute approximate surface area is 124 Å². The maximum Gasteiger partial charge on any atom is 0.433 e. The first-order chi connectivity index (χ1) is 9.68. The summed E-state index contributed by atoms with van der Waals surface area (Å²) in [5.74, 6) is -0.451. The van der Waals surface area contributed by atoms with Crippen molar-refractivity contribution in [2.24, 2.45) is 0 Å². The summed E-state index contributed by atoms with van der Waals surface area (Å²) >= 11 is 5.73.